The summed E-state index contributed by atoms with van der Waals surface area (Å²) in [6, 6.07) is 24.3. The predicted octanol–water partition coefficient (Wildman–Crippen LogP) is 6.60. The molecule has 0 radical (unpaired) electrons. The van der Waals surface area contributed by atoms with Gasteiger partial charge in [-0.2, -0.15) is 0 Å². The van der Waals surface area contributed by atoms with Gasteiger partial charge in [-0.3, -0.25) is 4.98 Å². The summed E-state index contributed by atoms with van der Waals surface area (Å²) in [5, 5.41) is 2.59. The smallest absolute Gasteiger partial charge is 0.0535 e. The number of aryl methyl sites for hydroxylation is 1. The number of benzene rings is 3. The molecule has 1 nitrogen and oxygen atoms in total. The molecule has 0 amide bonds. The number of hydrogen-bond acceptors (Lipinski definition) is 1. The van der Waals surface area contributed by atoms with E-state index in [1.165, 1.54) is 55.5 Å². The van der Waals surface area contributed by atoms with Gasteiger partial charge in [-0.1, -0.05) is 74.5 Å². The number of fused-ring (bicyclic) bond motifs is 4. The lowest BCUT2D eigenvalue weighted by Crippen LogP contribution is -2.04. The lowest BCUT2D eigenvalue weighted by Gasteiger charge is -2.18. The topological polar surface area (TPSA) is 12.9 Å². The van der Waals surface area contributed by atoms with Crippen molar-refractivity contribution in [3.05, 3.63) is 89.2 Å². The van der Waals surface area contributed by atoms with E-state index in [4.69, 9.17) is 4.98 Å². The second kappa shape index (κ2) is 6.35. The van der Waals surface area contributed by atoms with Crippen LogP contribution < -0.4 is 0 Å². The zero-order valence-electron chi connectivity index (χ0n) is 15.9. The highest BCUT2D eigenvalue weighted by Crippen LogP contribution is 2.45. The molecule has 1 heterocycles. The third kappa shape index (κ3) is 2.49. The summed E-state index contributed by atoms with van der Waals surface area (Å²) in [6.07, 6.45) is 2.93. The first kappa shape index (κ1) is 16.3. The van der Waals surface area contributed by atoms with Crippen LogP contribution in [-0.4, -0.2) is 4.98 Å². The van der Waals surface area contributed by atoms with Crippen LogP contribution >= 0.6 is 0 Å². The second-order valence-corrected chi connectivity index (χ2v) is 7.34. The van der Waals surface area contributed by atoms with E-state index in [1.807, 2.05) is 0 Å². The van der Waals surface area contributed by atoms with Crippen molar-refractivity contribution in [2.24, 2.45) is 0 Å². The van der Waals surface area contributed by atoms with E-state index in [-0.39, 0.29) is 0 Å². The molecule has 132 valence electrons. The van der Waals surface area contributed by atoms with Crippen molar-refractivity contribution in [1.29, 1.82) is 0 Å². The number of hydrogen-bond donors (Lipinski definition) is 0. The van der Waals surface area contributed by atoms with Crippen LogP contribution in [-0.2, 0) is 19.3 Å². The Balaban J connectivity index is 1.86. The number of pyridine rings is 1. The van der Waals surface area contributed by atoms with Gasteiger partial charge in [0, 0.05) is 17.7 Å². The van der Waals surface area contributed by atoms with Crippen molar-refractivity contribution in [2.45, 2.75) is 33.1 Å². The van der Waals surface area contributed by atoms with Gasteiger partial charge in [0.15, 0.2) is 0 Å². The first-order chi connectivity index (χ1) is 13.3. The Morgan fingerprint density at radius 1 is 0.778 bits per heavy atom. The molecule has 0 N–H and O–H groups in total. The molecule has 3 aromatic carbocycles. The summed E-state index contributed by atoms with van der Waals surface area (Å²) >= 11 is 0. The first-order valence-corrected chi connectivity index (χ1v) is 9.92. The maximum absolute atomic E-state index is 5.11. The fourth-order valence-electron chi connectivity index (χ4n) is 4.58. The van der Waals surface area contributed by atoms with Gasteiger partial charge in [0.2, 0.25) is 0 Å². The molecule has 4 aromatic rings. The van der Waals surface area contributed by atoms with E-state index in [9.17, 15) is 0 Å². The van der Waals surface area contributed by atoms with Crippen molar-refractivity contribution in [3.8, 4) is 22.3 Å². The van der Waals surface area contributed by atoms with Crippen molar-refractivity contribution < 1.29 is 0 Å². The van der Waals surface area contributed by atoms with Gasteiger partial charge < -0.3 is 0 Å². The van der Waals surface area contributed by atoms with Crippen LogP contribution in [0.25, 0.3) is 33.0 Å². The van der Waals surface area contributed by atoms with Gasteiger partial charge in [-0.25, -0.2) is 0 Å². The Morgan fingerprint density at radius 3 is 2.37 bits per heavy atom. The summed E-state index contributed by atoms with van der Waals surface area (Å²) in [5.41, 5.74) is 10.7. The molecule has 0 spiro atoms. The lowest BCUT2D eigenvalue weighted by molar-refractivity contribution is 0.939. The molecule has 0 saturated carbocycles. The molecule has 1 aliphatic rings. The third-order valence-corrected chi connectivity index (χ3v) is 5.83. The minimum absolute atomic E-state index is 0.948. The molecule has 27 heavy (non-hydrogen) atoms. The highest BCUT2D eigenvalue weighted by molar-refractivity contribution is 5.95. The standard InChI is InChI=1S/C26H23N/c1-3-21-23(4-2)27-24-16-19-11-7-8-12-22(19)26(24)25(21)20-14-13-17-9-5-6-10-18(17)15-20/h5-15H,3-4,16H2,1-2H3. The summed E-state index contributed by atoms with van der Waals surface area (Å²) in [6.45, 7) is 4.48. The van der Waals surface area contributed by atoms with Crippen molar-refractivity contribution >= 4 is 10.8 Å². The first-order valence-electron chi connectivity index (χ1n) is 9.92. The maximum Gasteiger partial charge on any atom is 0.0535 e. The van der Waals surface area contributed by atoms with Crippen LogP contribution in [0.3, 0.4) is 0 Å². The van der Waals surface area contributed by atoms with Crippen LogP contribution in [0.1, 0.15) is 36.4 Å². The van der Waals surface area contributed by atoms with Crippen LogP contribution in [0.15, 0.2) is 66.7 Å². The van der Waals surface area contributed by atoms with Gasteiger partial charge in [-0.15, -0.1) is 0 Å². The molecular formula is C26H23N. The van der Waals surface area contributed by atoms with Crippen LogP contribution in [0, 0.1) is 0 Å². The molecule has 5 rings (SSSR count). The van der Waals surface area contributed by atoms with E-state index in [2.05, 4.69) is 80.6 Å². The average molecular weight is 349 g/mol. The number of aromatic nitrogens is 1. The Kier molecular flexibility index (Phi) is 3.82. The number of nitrogens with zero attached hydrogens (tertiary/aromatic N) is 1. The minimum Gasteiger partial charge on any atom is -0.257 e. The Labute approximate surface area is 160 Å². The third-order valence-electron chi connectivity index (χ3n) is 5.83. The predicted molar refractivity (Wildman–Crippen MR) is 114 cm³/mol. The van der Waals surface area contributed by atoms with E-state index < -0.39 is 0 Å². The van der Waals surface area contributed by atoms with Gasteiger partial charge in [0.1, 0.15) is 0 Å². The van der Waals surface area contributed by atoms with Crippen LogP contribution in [0.4, 0.5) is 0 Å². The fraction of sp³-hybridized carbons (Fsp3) is 0.192. The molecular weight excluding hydrogens is 326 g/mol. The average Bonchev–Trinajstić information content (AvgIpc) is 3.10. The molecule has 0 fully saturated rings. The Bertz CT molecular complexity index is 1170. The van der Waals surface area contributed by atoms with E-state index in [1.54, 1.807) is 0 Å². The molecule has 0 unspecified atom stereocenters. The summed E-state index contributed by atoms with van der Waals surface area (Å²) < 4.78 is 0. The monoisotopic (exact) mass is 349 g/mol. The van der Waals surface area contributed by atoms with Crippen LogP contribution in [0.2, 0.25) is 0 Å². The Morgan fingerprint density at radius 2 is 1.56 bits per heavy atom. The molecule has 0 atom stereocenters. The Hall–Kier alpha value is -2.93. The number of rotatable bonds is 3. The van der Waals surface area contributed by atoms with Gasteiger partial charge >= 0.3 is 0 Å². The largest absolute Gasteiger partial charge is 0.257 e. The fourth-order valence-corrected chi connectivity index (χ4v) is 4.58. The second-order valence-electron chi connectivity index (χ2n) is 7.34. The molecule has 1 heteroatoms. The van der Waals surface area contributed by atoms with Gasteiger partial charge in [-0.05, 0) is 57.5 Å². The van der Waals surface area contributed by atoms with Crippen molar-refractivity contribution in [1.82, 2.24) is 4.98 Å². The quantitative estimate of drug-likeness (QED) is 0.358. The van der Waals surface area contributed by atoms with Crippen molar-refractivity contribution in [3.63, 3.8) is 0 Å². The summed E-state index contributed by atoms with van der Waals surface area (Å²) in [7, 11) is 0. The zero-order chi connectivity index (χ0) is 18.4. The van der Waals surface area contributed by atoms with E-state index in [0.717, 1.165) is 19.3 Å². The molecule has 1 aromatic heterocycles. The van der Waals surface area contributed by atoms with E-state index in [0.29, 0.717) is 0 Å². The maximum atomic E-state index is 5.11. The molecule has 0 saturated heterocycles. The highest BCUT2D eigenvalue weighted by atomic mass is 14.7. The minimum atomic E-state index is 0.948. The van der Waals surface area contributed by atoms with Gasteiger partial charge in [0.25, 0.3) is 0 Å². The van der Waals surface area contributed by atoms with Crippen molar-refractivity contribution in [2.75, 3.05) is 0 Å². The molecule has 1 aliphatic carbocycles. The zero-order valence-corrected chi connectivity index (χ0v) is 15.9. The SMILES string of the molecule is CCc1nc2c(c(-c3ccc4ccccc4c3)c1CC)-c1ccccc1C2. The normalized spacial score (nSPS) is 12.2. The lowest BCUT2D eigenvalue weighted by atomic mass is 9.88. The van der Waals surface area contributed by atoms with E-state index >= 15 is 0 Å². The van der Waals surface area contributed by atoms with Crippen LogP contribution in [0.5, 0.6) is 0 Å². The van der Waals surface area contributed by atoms with Gasteiger partial charge in [0.05, 0.1) is 5.69 Å². The summed E-state index contributed by atoms with van der Waals surface area (Å²) in [4.78, 5) is 5.11. The molecule has 0 bridgehead atoms. The summed E-state index contributed by atoms with van der Waals surface area (Å²) in [5.74, 6) is 0. The molecule has 0 aliphatic heterocycles. The highest BCUT2D eigenvalue weighted by Gasteiger charge is 2.26.